The number of fused-ring (bicyclic) bond motifs is 1. The second kappa shape index (κ2) is 7.54. The molecule has 0 bridgehead atoms. The molecule has 29 heavy (non-hydrogen) atoms. The highest BCUT2D eigenvalue weighted by molar-refractivity contribution is 5.72. The van der Waals surface area contributed by atoms with Crippen LogP contribution in [0.25, 0.3) is 16.9 Å². The molecule has 6 heteroatoms. The van der Waals surface area contributed by atoms with E-state index in [1.165, 1.54) is 9.13 Å². The molecule has 6 nitrogen and oxygen atoms in total. The molecule has 2 aromatic carbocycles. The smallest absolute Gasteiger partial charge is 0.317 e. The first kappa shape index (κ1) is 18.9. The van der Waals surface area contributed by atoms with Crippen molar-refractivity contribution in [3.05, 3.63) is 93.4 Å². The van der Waals surface area contributed by atoms with E-state index in [1.54, 1.807) is 6.33 Å². The van der Waals surface area contributed by atoms with Crippen LogP contribution in [-0.2, 0) is 6.54 Å². The molecule has 0 N–H and O–H groups in total. The Morgan fingerprint density at radius 1 is 0.897 bits per heavy atom. The van der Waals surface area contributed by atoms with E-state index in [2.05, 4.69) is 4.98 Å². The average molecular weight is 388 g/mol. The normalized spacial score (nSPS) is 12.6. The summed E-state index contributed by atoms with van der Waals surface area (Å²) in [5, 5.41) is 0. The Labute approximate surface area is 168 Å². The first-order valence-corrected chi connectivity index (χ1v) is 9.81. The number of aromatic nitrogens is 4. The van der Waals surface area contributed by atoms with Crippen molar-refractivity contribution in [3.8, 4) is 5.69 Å². The van der Waals surface area contributed by atoms with Gasteiger partial charge in [-0.25, -0.2) is 14.3 Å². The lowest BCUT2D eigenvalue weighted by Gasteiger charge is -2.17. The Morgan fingerprint density at radius 2 is 1.52 bits per heavy atom. The highest BCUT2D eigenvalue weighted by Crippen LogP contribution is 2.22. The van der Waals surface area contributed by atoms with Crippen molar-refractivity contribution in [3.63, 3.8) is 0 Å². The monoisotopic (exact) mass is 388 g/mol. The minimum atomic E-state index is -0.361. The second-order valence-corrected chi connectivity index (χ2v) is 7.67. The number of nitrogens with zero attached hydrogens (tertiary/aromatic N) is 4. The molecule has 0 aliphatic heterocycles. The highest BCUT2D eigenvalue weighted by Gasteiger charge is 2.22. The van der Waals surface area contributed by atoms with Gasteiger partial charge in [-0.2, -0.15) is 0 Å². The maximum absolute atomic E-state index is 13.4. The van der Waals surface area contributed by atoms with Crippen molar-refractivity contribution in [2.45, 2.75) is 33.4 Å². The molecule has 0 aliphatic carbocycles. The third kappa shape index (κ3) is 3.31. The molecule has 0 fully saturated rings. The van der Waals surface area contributed by atoms with Crippen LogP contribution >= 0.6 is 0 Å². The number of rotatable bonds is 5. The SMILES string of the molecule is CC(C)Cn1c(=O)c2c(ncn2[C@@H](C)c2ccccc2)n(-c2ccccc2)c1=O. The van der Waals surface area contributed by atoms with Crippen LogP contribution in [0.3, 0.4) is 0 Å². The van der Waals surface area contributed by atoms with Gasteiger partial charge in [-0.15, -0.1) is 0 Å². The molecule has 148 valence electrons. The summed E-state index contributed by atoms with van der Waals surface area (Å²) in [5.74, 6) is 0.157. The molecule has 0 unspecified atom stereocenters. The van der Waals surface area contributed by atoms with Crippen LogP contribution in [-0.4, -0.2) is 18.7 Å². The molecule has 0 amide bonds. The Hall–Kier alpha value is -3.41. The molecule has 0 saturated heterocycles. The van der Waals surface area contributed by atoms with Gasteiger partial charge >= 0.3 is 5.69 Å². The molecular weight excluding hydrogens is 364 g/mol. The maximum atomic E-state index is 13.4. The average Bonchev–Trinajstić information content (AvgIpc) is 3.17. The lowest BCUT2D eigenvalue weighted by Crippen LogP contribution is -2.41. The van der Waals surface area contributed by atoms with E-state index in [9.17, 15) is 9.59 Å². The van der Waals surface area contributed by atoms with E-state index in [4.69, 9.17) is 0 Å². The molecule has 2 heterocycles. The van der Waals surface area contributed by atoms with Gasteiger partial charge in [-0.1, -0.05) is 62.4 Å². The Kier molecular flexibility index (Phi) is 4.92. The first-order valence-electron chi connectivity index (χ1n) is 9.81. The number of para-hydroxylation sites is 1. The summed E-state index contributed by atoms with van der Waals surface area (Å²) < 4.78 is 4.73. The van der Waals surface area contributed by atoms with Crippen LogP contribution in [0.5, 0.6) is 0 Å². The molecule has 0 saturated carbocycles. The summed E-state index contributed by atoms with van der Waals surface area (Å²) >= 11 is 0. The van der Waals surface area contributed by atoms with Gasteiger partial charge in [0.05, 0.1) is 18.1 Å². The summed E-state index contributed by atoms with van der Waals surface area (Å²) in [6.07, 6.45) is 1.66. The molecule has 1 atom stereocenters. The molecule has 0 aliphatic rings. The van der Waals surface area contributed by atoms with Crippen LogP contribution in [0.15, 0.2) is 76.6 Å². The van der Waals surface area contributed by atoms with E-state index < -0.39 is 0 Å². The van der Waals surface area contributed by atoms with Crippen molar-refractivity contribution in [1.29, 1.82) is 0 Å². The summed E-state index contributed by atoms with van der Waals surface area (Å²) in [6.45, 7) is 6.37. The molecule has 0 radical (unpaired) electrons. The Bertz CT molecular complexity index is 1250. The summed E-state index contributed by atoms with van der Waals surface area (Å²) in [7, 11) is 0. The summed E-state index contributed by atoms with van der Waals surface area (Å²) in [5.41, 5.74) is 1.92. The van der Waals surface area contributed by atoms with Crippen LogP contribution < -0.4 is 11.2 Å². The topological polar surface area (TPSA) is 61.8 Å². The van der Waals surface area contributed by atoms with E-state index in [0.29, 0.717) is 23.4 Å². The summed E-state index contributed by atoms with van der Waals surface area (Å²) in [6, 6.07) is 19.2. The lowest BCUT2D eigenvalue weighted by atomic mass is 10.1. The van der Waals surface area contributed by atoms with E-state index in [1.807, 2.05) is 86.0 Å². The zero-order valence-corrected chi connectivity index (χ0v) is 16.8. The maximum Gasteiger partial charge on any atom is 0.337 e. The van der Waals surface area contributed by atoms with Gasteiger partial charge in [0, 0.05) is 6.54 Å². The number of imidazole rings is 1. The number of benzene rings is 2. The predicted molar refractivity (Wildman–Crippen MR) is 115 cm³/mol. The van der Waals surface area contributed by atoms with E-state index >= 15 is 0 Å². The Balaban J connectivity index is 2.05. The fourth-order valence-corrected chi connectivity index (χ4v) is 3.67. The minimum Gasteiger partial charge on any atom is -0.317 e. The highest BCUT2D eigenvalue weighted by atomic mass is 16.2. The van der Waals surface area contributed by atoms with Crippen molar-refractivity contribution in [1.82, 2.24) is 18.7 Å². The van der Waals surface area contributed by atoms with E-state index in [0.717, 1.165) is 5.56 Å². The molecule has 4 rings (SSSR count). The fraction of sp³-hybridized carbons (Fsp3) is 0.261. The predicted octanol–water partition coefficient (Wildman–Crippen LogP) is 3.61. The third-order valence-corrected chi connectivity index (χ3v) is 5.12. The fourth-order valence-electron chi connectivity index (χ4n) is 3.67. The van der Waals surface area contributed by atoms with Gasteiger partial charge in [0.1, 0.15) is 0 Å². The van der Waals surface area contributed by atoms with Crippen molar-refractivity contribution in [2.24, 2.45) is 5.92 Å². The van der Waals surface area contributed by atoms with Gasteiger partial charge in [0.25, 0.3) is 5.56 Å². The molecule has 4 aromatic rings. The largest absolute Gasteiger partial charge is 0.337 e. The Morgan fingerprint density at radius 3 is 2.14 bits per heavy atom. The molecular formula is C23H24N4O2. The molecule has 2 aromatic heterocycles. The summed E-state index contributed by atoms with van der Waals surface area (Å²) in [4.78, 5) is 31.1. The number of hydrogen-bond donors (Lipinski definition) is 0. The lowest BCUT2D eigenvalue weighted by molar-refractivity contribution is 0.488. The van der Waals surface area contributed by atoms with Crippen molar-refractivity contribution < 1.29 is 0 Å². The zero-order chi connectivity index (χ0) is 20.5. The quantitative estimate of drug-likeness (QED) is 0.525. The first-order chi connectivity index (χ1) is 14.0. The van der Waals surface area contributed by atoms with Gasteiger partial charge in [-0.3, -0.25) is 9.36 Å². The van der Waals surface area contributed by atoms with Gasteiger partial charge in [0.2, 0.25) is 0 Å². The zero-order valence-electron chi connectivity index (χ0n) is 16.8. The van der Waals surface area contributed by atoms with Crippen LogP contribution in [0.1, 0.15) is 32.4 Å². The van der Waals surface area contributed by atoms with Crippen LogP contribution in [0.4, 0.5) is 0 Å². The van der Waals surface area contributed by atoms with Gasteiger partial charge < -0.3 is 4.57 Å². The van der Waals surface area contributed by atoms with Crippen molar-refractivity contribution >= 4 is 11.2 Å². The second-order valence-electron chi connectivity index (χ2n) is 7.67. The van der Waals surface area contributed by atoms with Crippen LogP contribution in [0.2, 0.25) is 0 Å². The molecule has 0 spiro atoms. The standard InChI is InChI=1S/C23H24N4O2/c1-16(2)14-25-22(28)20-21(27(23(25)29)19-12-8-5-9-13-19)24-15-26(20)17(3)18-10-6-4-7-11-18/h4-13,15-17H,14H2,1-3H3/t17-/m0/s1. The van der Waals surface area contributed by atoms with E-state index in [-0.39, 0.29) is 23.2 Å². The van der Waals surface area contributed by atoms with Crippen molar-refractivity contribution in [2.75, 3.05) is 0 Å². The minimum absolute atomic E-state index is 0.0943. The van der Waals surface area contributed by atoms with Gasteiger partial charge in [0.15, 0.2) is 11.2 Å². The van der Waals surface area contributed by atoms with Crippen LogP contribution in [0, 0.1) is 5.92 Å². The number of hydrogen-bond acceptors (Lipinski definition) is 3. The third-order valence-electron chi connectivity index (χ3n) is 5.12. The van der Waals surface area contributed by atoms with Gasteiger partial charge in [-0.05, 0) is 30.5 Å².